The Kier molecular flexibility index (Phi) is 5.86. The smallest absolute Gasteiger partial charge is 0.143 e. The van der Waals surface area contributed by atoms with Crippen molar-refractivity contribution in [3.63, 3.8) is 0 Å². The van der Waals surface area contributed by atoms with E-state index in [-0.39, 0.29) is 5.82 Å². The van der Waals surface area contributed by atoms with Crippen LogP contribution in [0.1, 0.15) is 24.0 Å². The number of methoxy groups -OCH3 is 1. The predicted molar refractivity (Wildman–Crippen MR) is 88.8 cm³/mol. The number of hydrogen-bond acceptors (Lipinski definition) is 4. The van der Waals surface area contributed by atoms with E-state index in [1.165, 1.54) is 12.1 Å². The first-order chi connectivity index (χ1) is 10.1. The summed E-state index contributed by atoms with van der Waals surface area (Å²) in [6.07, 6.45) is 0.490. The lowest BCUT2D eigenvalue weighted by molar-refractivity contribution is 0.180. The standard InChI is InChI=1S/C15H17FIN3O/c1-3-18-15-14(17)12(9-21-2)19-13(20-15)8-10-5-4-6-11(16)7-10/h4-7H,3,8-9H2,1-2H3,(H,18,19,20). The molecule has 1 aromatic carbocycles. The lowest BCUT2D eigenvalue weighted by Gasteiger charge is -2.12. The third kappa shape index (κ3) is 4.34. The van der Waals surface area contributed by atoms with Crippen LogP contribution in [0.3, 0.4) is 0 Å². The zero-order chi connectivity index (χ0) is 15.2. The van der Waals surface area contributed by atoms with E-state index in [0.717, 1.165) is 27.2 Å². The fourth-order valence-corrected chi connectivity index (χ4v) is 2.56. The van der Waals surface area contributed by atoms with Gasteiger partial charge in [-0.05, 0) is 47.2 Å². The maximum Gasteiger partial charge on any atom is 0.143 e. The molecular weight excluding hydrogens is 384 g/mol. The molecule has 2 rings (SSSR count). The zero-order valence-corrected chi connectivity index (χ0v) is 14.1. The number of hydrogen-bond donors (Lipinski definition) is 1. The van der Waals surface area contributed by atoms with Crippen molar-refractivity contribution < 1.29 is 9.13 Å². The van der Waals surface area contributed by atoms with Crippen molar-refractivity contribution >= 4 is 28.4 Å². The fraction of sp³-hybridized carbons (Fsp3) is 0.333. The molecule has 0 aliphatic carbocycles. The molecule has 0 unspecified atom stereocenters. The number of benzene rings is 1. The van der Waals surface area contributed by atoms with Crippen molar-refractivity contribution in [3.05, 3.63) is 50.7 Å². The first-order valence-electron chi connectivity index (χ1n) is 6.66. The van der Waals surface area contributed by atoms with Crippen LogP contribution in [0.15, 0.2) is 24.3 Å². The van der Waals surface area contributed by atoms with Crippen LogP contribution >= 0.6 is 22.6 Å². The van der Waals surface area contributed by atoms with Gasteiger partial charge in [-0.15, -0.1) is 0 Å². The van der Waals surface area contributed by atoms with Gasteiger partial charge in [0.15, 0.2) is 0 Å². The maximum absolute atomic E-state index is 13.3. The van der Waals surface area contributed by atoms with Crippen molar-refractivity contribution in [2.75, 3.05) is 19.0 Å². The largest absolute Gasteiger partial charge is 0.378 e. The number of ether oxygens (including phenoxy) is 1. The van der Waals surface area contributed by atoms with Crippen molar-refractivity contribution in [1.29, 1.82) is 0 Å². The first kappa shape index (κ1) is 16.1. The summed E-state index contributed by atoms with van der Waals surface area (Å²) in [6, 6.07) is 6.49. The number of nitrogens with zero attached hydrogens (tertiary/aromatic N) is 2. The van der Waals surface area contributed by atoms with E-state index >= 15 is 0 Å². The van der Waals surface area contributed by atoms with Gasteiger partial charge in [0, 0.05) is 20.1 Å². The highest BCUT2D eigenvalue weighted by Gasteiger charge is 2.12. The minimum Gasteiger partial charge on any atom is -0.378 e. The number of halogens is 2. The Bertz CT molecular complexity index is 595. The van der Waals surface area contributed by atoms with Crippen molar-refractivity contribution in [2.24, 2.45) is 0 Å². The van der Waals surface area contributed by atoms with E-state index in [1.54, 1.807) is 13.2 Å². The van der Waals surface area contributed by atoms with E-state index in [9.17, 15) is 4.39 Å². The van der Waals surface area contributed by atoms with E-state index in [0.29, 0.717) is 18.9 Å². The average Bonchev–Trinajstić information content (AvgIpc) is 2.44. The molecule has 2 aromatic rings. The molecule has 1 N–H and O–H groups in total. The summed E-state index contributed by atoms with van der Waals surface area (Å²) in [5, 5.41) is 3.22. The molecule has 6 heteroatoms. The SMILES string of the molecule is CCNc1nc(Cc2cccc(F)c2)nc(COC)c1I. The van der Waals surface area contributed by atoms with Gasteiger partial charge in [-0.2, -0.15) is 0 Å². The molecule has 0 radical (unpaired) electrons. The second-order valence-corrected chi connectivity index (χ2v) is 5.60. The Morgan fingerprint density at radius 1 is 1.33 bits per heavy atom. The second kappa shape index (κ2) is 7.65. The molecule has 1 heterocycles. The minimum absolute atomic E-state index is 0.248. The van der Waals surface area contributed by atoms with Crippen LogP contribution in [0.5, 0.6) is 0 Å². The van der Waals surface area contributed by atoms with Crippen molar-refractivity contribution in [1.82, 2.24) is 9.97 Å². The second-order valence-electron chi connectivity index (χ2n) is 4.52. The highest BCUT2D eigenvalue weighted by atomic mass is 127. The Morgan fingerprint density at radius 2 is 2.14 bits per heavy atom. The molecule has 0 aliphatic heterocycles. The maximum atomic E-state index is 13.3. The fourth-order valence-electron chi connectivity index (χ4n) is 1.97. The van der Waals surface area contributed by atoms with Gasteiger partial charge in [-0.25, -0.2) is 14.4 Å². The van der Waals surface area contributed by atoms with Gasteiger partial charge in [0.25, 0.3) is 0 Å². The lowest BCUT2D eigenvalue weighted by Crippen LogP contribution is -2.10. The van der Waals surface area contributed by atoms with Gasteiger partial charge in [-0.3, -0.25) is 0 Å². The Hall–Kier alpha value is -1.28. The third-order valence-corrected chi connectivity index (χ3v) is 3.98. The molecule has 1 aromatic heterocycles. The normalized spacial score (nSPS) is 10.7. The average molecular weight is 401 g/mol. The van der Waals surface area contributed by atoms with E-state index in [1.807, 2.05) is 13.0 Å². The molecule has 0 saturated carbocycles. The topological polar surface area (TPSA) is 47.0 Å². The van der Waals surface area contributed by atoms with Crippen molar-refractivity contribution in [3.8, 4) is 0 Å². The van der Waals surface area contributed by atoms with Gasteiger partial charge in [-0.1, -0.05) is 12.1 Å². The van der Waals surface area contributed by atoms with Gasteiger partial charge >= 0.3 is 0 Å². The van der Waals surface area contributed by atoms with Crippen molar-refractivity contribution in [2.45, 2.75) is 20.0 Å². The Balaban J connectivity index is 2.33. The number of nitrogens with one attached hydrogen (secondary N) is 1. The molecule has 112 valence electrons. The minimum atomic E-state index is -0.248. The molecule has 0 spiro atoms. The summed E-state index contributed by atoms with van der Waals surface area (Å²) < 4.78 is 19.4. The Morgan fingerprint density at radius 3 is 2.81 bits per heavy atom. The third-order valence-electron chi connectivity index (χ3n) is 2.84. The number of aromatic nitrogens is 2. The van der Waals surface area contributed by atoms with Crippen LogP contribution in [-0.4, -0.2) is 23.6 Å². The number of rotatable bonds is 6. The molecule has 0 aliphatic rings. The summed E-state index contributed by atoms with van der Waals surface area (Å²) in [4.78, 5) is 9.05. The first-order valence-corrected chi connectivity index (χ1v) is 7.74. The van der Waals surface area contributed by atoms with Gasteiger partial charge in [0.2, 0.25) is 0 Å². The summed E-state index contributed by atoms with van der Waals surface area (Å²) in [5.74, 6) is 1.21. The van der Waals surface area contributed by atoms with E-state index < -0.39 is 0 Å². The molecule has 0 atom stereocenters. The monoisotopic (exact) mass is 401 g/mol. The molecule has 0 amide bonds. The summed E-state index contributed by atoms with van der Waals surface area (Å²) in [5.41, 5.74) is 1.69. The summed E-state index contributed by atoms with van der Waals surface area (Å²) in [7, 11) is 1.64. The van der Waals surface area contributed by atoms with Crippen LogP contribution < -0.4 is 5.32 Å². The van der Waals surface area contributed by atoms with E-state index in [4.69, 9.17) is 4.74 Å². The molecular formula is C15H17FIN3O. The lowest BCUT2D eigenvalue weighted by atomic mass is 10.1. The summed E-state index contributed by atoms with van der Waals surface area (Å²) in [6.45, 7) is 3.22. The van der Waals surface area contributed by atoms with Crippen LogP contribution in [0, 0.1) is 9.39 Å². The highest BCUT2D eigenvalue weighted by molar-refractivity contribution is 14.1. The molecule has 0 bridgehead atoms. The molecule has 4 nitrogen and oxygen atoms in total. The van der Waals surface area contributed by atoms with Crippen LogP contribution in [0.2, 0.25) is 0 Å². The molecule has 0 saturated heterocycles. The number of anilines is 1. The van der Waals surface area contributed by atoms with Crippen LogP contribution in [-0.2, 0) is 17.8 Å². The zero-order valence-electron chi connectivity index (χ0n) is 12.0. The predicted octanol–water partition coefficient (Wildman–Crippen LogP) is 3.39. The Labute approximate surface area is 137 Å². The molecule has 0 fully saturated rings. The van der Waals surface area contributed by atoms with Gasteiger partial charge < -0.3 is 10.1 Å². The van der Waals surface area contributed by atoms with E-state index in [2.05, 4.69) is 37.9 Å². The van der Waals surface area contributed by atoms with Crippen LogP contribution in [0.25, 0.3) is 0 Å². The highest BCUT2D eigenvalue weighted by Crippen LogP contribution is 2.21. The van der Waals surface area contributed by atoms with Gasteiger partial charge in [0.05, 0.1) is 15.9 Å². The quantitative estimate of drug-likeness (QED) is 0.754. The summed E-state index contributed by atoms with van der Waals surface area (Å²) >= 11 is 2.21. The van der Waals surface area contributed by atoms with Gasteiger partial charge in [0.1, 0.15) is 17.5 Å². The molecule has 21 heavy (non-hydrogen) atoms. The van der Waals surface area contributed by atoms with Crippen LogP contribution in [0.4, 0.5) is 10.2 Å².